The number of fused-ring (bicyclic) bond motifs is 5. The van der Waals surface area contributed by atoms with Crippen molar-refractivity contribution in [3.8, 4) is 10.4 Å². The number of hydrogen-bond acceptors (Lipinski definition) is 6. The van der Waals surface area contributed by atoms with Crippen molar-refractivity contribution in [2.45, 2.75) is 50.2 Å². The van der Waals surface area contributed by atoms with E-state index in [1.54, 1.807) is 6.07 Å². The molecule has 166 valence electrons. The average Bonchev–Trinajstić information content (AvgIpc) is 3.34. The molecular weight excluding hydrogens is 423 g/mol. The van der Waals surface area contributed by atoms with Gasteiger partial charge in [-0.25, -0.2) is 9.18 Å². The van der Waals surface area contributed by atoms with Crippen molar-refractivity contribution >= 4 is 29.6 Å². The summed E-state index contributed by atoms with van der Waals surface area (Å²) in [6, 6.07) is 7.15. The van der Waals surface area contributed by atoms with Crippen molar-refractivity contribution in [1.82, 2.24) is 0 Å². The number of morpholine rings is 1. The topological polar surface area (TPSA) is 91.0 Å². The van der Waals surface area contributed by atoms with Crippen molar-refractivity contribution in [2.75, 3.05) is 19.4 Å². The second-order valence-electron chi connectivity index (χ2n) is 8.73. The van der Waals surface area contributed by atoms with Gasteiger partial charge in [-0.1, -0.05) is 0 Å². The van der Waals surface area contributed by atoms with Gasteiger partial charge in [0, 0.05) is 29.8 Å². The van der Waals surface area contributed by atoms with Crippen LogP contribution < -0.4 is 10.4 Å². The summed E-state index contributed by atoms with van der Waals surface area (Å²) in [6.45, 7) is 1.49. The molecule has 1 amide bonds. The molecule has 0 unspecified atom stereocenters. The Balaban J connectivity index is 0.000000730. The highest BCUT2D eigenvalue weighted by Gasteiger charge is 2.70. The van der Waals surface area contributed by atoms with Gasteiger partial charge in [0.2, 0.25) is 0 Å². The van der Waals surface area contributed by atoms with Gasteiger partial charge < -0.3 is 23.9 Å². The monoisotopic (exact) mass is 448 g/mol. The summed E-state index contributed by atoms with van der Waals surface area (Å²) in [4.78, 5) is 21.7. The highest BCUT2D eigenvalue weighted by molar-refractivity contribution is 7.13. The van der Waals surface area contributed by atoms with E-state index in [1.807, 2.05) is 18.4 Å². The molecule has 9 heteroatoms. The smallest absolute Gasteiger partial charge is 0.411 e. The SMILES string of the molecule is Cc1csc(-c2cc(F)ccc2NC(=O)O[C@@H]2C[C@@H]3[C@H]4O[C@H]4[C@H](C2)[N+]3(C)C)c1.O=C[O-]. The fraction of sp³-hybridized carbons (Fsp3) is 0.455. The number of quaternary nitrogens is 1. The Hall–Kier alpha value is -2.49. The lowest BCUT2D eigenvalue weighted by molar-refractivity contribution is -0.938. The third-order valence-corrected chi connectivity index (χ3v) is 7.61. The molecule has 3 aliphatic rings. The van der Waals surface area contributed by atoms with Gasteiger partial charge in [0.05, 0.1) is 19.8 Å². The molecular formula is C22H25FN2O5S. The standard InChI is InChI=1S/C21H23FN2O3S.CH2O2/c1-11-6-18(28-10-11)14-7-12(22)4-5-15(14)23-21(25)26-13-8-16-19-20(27-19)17(9-13)24(16,2)3;2-1-3/h4-7,10,13,16-17,19-20H,8-9H2,1-3H3;1H,(H,2,3)/t13-,16-,17+,19-,20+;. The van der Waals surface area contributed by atoms with Crippen LogP contribution >= 0.6 is 11.3 Å². The number of halogens is 1. The van der Waals surface area contributed by atoms with Crippen LogP contribution in [0.15, 0.2) is 29.6 Å². The van der Waals surface area contributed by atoms with E-state index >= 15 is 0 Å². The maximum atomic E-state index is 13.8. The molecule has 1 aromatic heterocycles. The van der Waals surface area contributed by atoms with Gasteiger partial charge in [0.25, 0.3) is 0 Å². The summed E-state index contributed by atoms with van der Waals surface area (Å²) in [5, 5.41) is 13.1. The Morgan fingerprint density at radius 1 is 1.29 bits per heavy atom. The fourth-order valence-corrected chi connectivity index (χ4v) is 5.92. The van der Waals surface area contributed by atoms with Crippen LogP contribution in [0.2, 0.25) is 0 Å². The molecule has 3 saturated heterocycles. The molecule has 31 heavy (non-hydrogen) atoms. The number of amides is 1. The van der Waals surface area contributed by atoms with E-state index in [9.17, 15) is 9.18 Å². The van der Waals surface area contributed by atoms with Crippen molar-refractivity contribution in [3.05, 3.63) is 41.0 Å². The van der Waals surface area contributed by atoms with Crippen molar-refractivity contribution in [1.29, 1.82) is 0 Å². The van der Waals surface area contributed by atoms with Crippen LogP contribution in [0, 0.1) is 12.7 Å². The third-order valence-electron chi connectivity index (χ3n) is 6.53. The number of likely N-dealkylation sites (N-methyl/N-ethyl adjacent to an activating group) is 1. The number of benzene rings is 1. The van der Waals surface area contributed by atoms with Crippen LogP contribution in [-0.2, 0) is 14.3 Å². The fourth-order valence-electron chi connectivity index (χ4n) is 4.99. The number of hydrogen-bond donors (Lipinski definition) is 1. The van der Waals surface area contributed by atoms with Crippen LogP contribution in [0.4, 0.5) is 14.9 Å². The molecule has 3 aliphatic heterocycles. The Morgan fingerprint density at radius 2 is 1.94 bits per heavy atom. The van der Waals surface area contributed by atoms with Gasteiger partial charge in [-0.3, -0.25) is 5.32 Å². The highest BCUT2D eigenvalue weighted by atomic mass is 32.1. The Kier molecular flexibility index (Phi) is 5.76. The number of aryl methyl sites for hydroxylation is 1. The van der Waals surface area contributed by atoms with Crippen LogP contribution in [0.5, 0.6) is 0 Å². The third kappa shape index (κ3) is 4.17. The molecule has 5 atom stereocenters. The van der Waals surface area contributed by atoms with Crippen molar-refractivity contribution in [3.63, 3.8) is 0 Å². The van der Waals surface area contributed by atoms with Crippen LogP contribution in [0.3, 0.4) is 0 Å². The Morgan fingerprint density at radius 3 is 2.52 bits per heavy atom. The normalized spacial score (nSPS) is 29.2. The van der Waals surface area contributed by atoms with E-state index in [0.717, 1.165) is 27.8 Å². The summed E-state index contributed by atoms with van der Waals surface area (Å²) in [5.74, 6) is -0.331. The molecule has 1 aromatic carbocycles. The quantitative estimate of drug-likeness (QED) is 0.443. The van der Waals surface area contributed by atoms with Gasteiger partial charge >= 0.3 is 6.09 Å². The molecule has 7 nitrogen and oxygen atoms in total. The summed E-state index contributed by atoms with van der Waals surface area (Å²) in [6.07, 6.45) is 1.69. The van der Waals surface area contributed by atoms with Crippen molar-refractivity contribution in [2.24, 2.45) is 0 Å². The first kappa shape index (κ1) is 21.7. The molecule has 5 rings (SSSR count). The number of rotatable bonds is 3. The number of carbonyl (C=O) groups excluding carboxylic acids is 2. The number of thiophene rings is 1. The molecule has 0 radical (unpaired) electrons. The molecule has 0 saturated carbocycles. The summed E-state index contributed by atoms with van der Waals surface area (Å²) in [5.41, 5.74) is 2.34. The molecule has 0 spiro atoms. The number of ether oxygens (including phenoxy) is 2. The van der Waals surface area contributed by atoms with E-state index in [1.165, 1.54) is 23.5 Å². The van der Waals surface area contributed by atoms with Gasteiger partial charge in [0.1, 0.15) is 36.2 Å². The lowest BCUT2D eigenvalue weighted by Gasteiger charge is -2.45. The molecule has 2 bridgehead atoms. The molecule has 2 aromatic rings. The summed E-state index contributed by atoms with van der Waals surface area (Å²) in [7, 11) is 4.49. The minimum absolute atomic E-state index is 0.106. The number of nitrogens with one attached hydrogen (secondary N) is 1. The van der Waals surface area contributed by atoms with E-state index in [0.29, 0.717) is 35.5 Å². The second-order valence-corrected chi connectivity index (χ2v) is 9.64. The maximum absolute atomic E-state index is 13.8. The zero-order valence-corrected chi connectivity index (χ0v) is 18.4. The lowest BCUT2D eigenvalue weighted by atomic mass is 9.96. The van der Waals surface area contributed by atoms with E-state index < -0.39 is 12.6 Å². The molecule has 3 fully saturated rings. The number of carboxylic acid groups (broad SMARTS) is 1. The summed E-state index contributed by atoms with van der Waals surface area (Å²) < 4.78 is 26.3. The first-order valence-corrected chi connectivity index (χ1v) is 11.0. The number of carbonyl (C=O) groups is 2. The Bertz CT molecular complexity index is 974. The molecule has 4 heterocycles. The Labute approximate surface area is 184 Å². The highest BCUT2D eigenvalue weighted by Crippen LogP contribution is 2.51. The van der Waals surface area contributed by atoms with Crippen LogP contribution in [0.25, 0.3) is 10.4 Å². The minimum Gasteiger partial charge on any atom is -0.554 e. The number of nitrogens with zero attached hydrogens (tertiary/aromatic N) is 1. The average molecular weight is 449 g/mol. The van der Waals surface area contributed by atoms with Gasteiger partial charge in [-0.05, 0) is 42.1 Å². The van der Waals surface area contributed by atoms with Gasteiger partial charge in [0.15, 0.2) is 0 Å². The summed E-state index contributed by atoms with van der Waals surface area (Å²) >= 11 is 1.53. The van der Waals surface area contributed by atoms with Crippen molar-refractivity contribution < 1.29 is 33.0 Å². The first-order chi connectivity index (χ1) is 14.7. The second kappa shape index (κ2) is 8.22. The zero-order chi connectivity index (χ0) is 22.3. The predicted octanol–water partition coefficient (Wildman–Crippen LogP) is 2.53. The zero-order valence-electron chi connectivity index (χ0n) is 17.5. The van der Waals surface area contributed by atoms with E-state index in [4.69, 9.17) is 19.4 Å². The van der Waals surface area contributed by atoms with Crippen LogP contribution in [-0.4, -0.2) is 61.5 Å². The van der Waals surface area contributed by atoms with Gasteiger partial charge in [-0.2, -0.15) is 0 Å². The van der Waals surface area contributed by atoms with E-state index in [-0.39, 0.29) is 11.9 Å². The minimum atomic E-state index is -0.500. The van der Waals surface area contributed by atoms with Crippen LogP contribution in [0.1, 0.15) is 18.4 Å². The largest absolute Gasteiger partial charge is 0.554 e. The lowest BCUT2D eigenvalue weighted by Crippen LogP contribution is -2.60. The molecule has 1 N–H and O–H groups in total. The molecule has 0 aliphatic carbocycles. The number of anilines is 1. The number of piperidine rings is 1. The predicted molar refractivity (Wildman–Crippen MR) is 112 cm³/mol. The van der Waals surface area contributed by atoms with Gasteiger partial charge in [-0.15, -0.1) is 11.3 Å². The number of epoxide rings is 1. The first-order valence-electron chi connectivity index (χ1n) is 10.1. The van der Waals surface area contributed by atoms with E-state index in [2.05, 4.69) is 19.4 Å². The maximum Gasteiger partial charge on any atom is 0.411 e.